The van der Waals surface area contributed by atoms with E-state index in [0.29, 0.717) is 29.1 Å². The fourth-order valence-electron chi connectivity index (χ4n) is 3.77. The van der Waals surface area contributed by atoms with Gasteiger partial charge in [-0.3, -0.25) is 14.4 Å². The first-order valence-electron chi connectivity index (χ1n) is 10.2. The van der Waals surface area contributed by atoms with Crippen molar-refractivity contribution in [2.75, 3.05) is 13.1 Å². The Balaban J connectivity index is 1.65. The summed E-state index contributed by atoms with van der Waals surface area (Å²) in [4.78, 5) is 44.8. The van der Waals surface area contributed by atoms with Gasteiger partial charge < -0.3 is 14.8 Å². The van der Waals surface area contributed by atoms with Crippen LogP contribution in [0.5, 0.6) is 0 Å². The number of aryl methyl sites for hydroxylation is 1. The van der Waals surface area contributed by atoms with E-state index in [2.05, 4.69) is 10.3 Å². The lowest BCUT2D eigenvalue weighted by atomic mass is 10.1. The van der Waals surface area contributed by atoms with Crippen LogP contribution in [0.3, 0.4) is 0 Å². The third kappa shape index (κ3) is 4.46. The summed E-state index contributed by atoms with van der Waals surface area (Å²) in [5.74, 6) is -0.567. The van der Waals surface area contributed by atoms with E-state index >= 15 is 0 Å². The average molecular weight is 439 g/mol. The van der Waals surface area contributed by atoms with E-state index in [1.54, 1.807) is 27.7 Å². The van der Waals surface area contributed by atoms with Crippen LogP contribution in [0.25, 0.3) is 11.0 Å². The third-order valence-electron chi connectivity index (χ3n) is 5.43. The van der Waals surface area contributed by atoms with E-state index in [-0.39, 0.29) is 35.9 Å². The Morgan fingerprint density at radius 2 is 1.87 bits per heavy atom. The molecule has 31 heavy (non-hydrogen) atoms. The van der Waals surface area contributed by atoms with E-state index in [0.717, 1.165) is 24.1 Å². The maximum atomic E-state index is 13.0. The van der Waals surface area contributed by atoms with Gasteiger partial charge in [-0.25, -0.2) is 4.98 Å². The molecule has 160 valence electrons. The lowest BCUT2D eigenvalue weighted by molar-refractivity contribution is -0.121. The number of fused-ring (bicyclic) bond motifs is 1. The maximum Gasteiger partial charge on any atom is 0.259 e. The normalized spacial score (nSPS) is 13.5. The molecule has 3 heterocycles. The molecule has 8 heteroatoms. The zero-order valence-electron chi connectivity index (χ0n) is 17.2. The molecule has 2 aromatic heterocycles. The highest BCUT2D eigenvalue weighted by atomic mass is 35.5. The third-order valence-corrected chi connectivity index (χ3v) is 5.80. The number of halogens is 1. The Kier molecular flexibility index (Phi) is 6.04. The Morgan fingerprint density at radius 1 is 1.13 bits per heavy atom. The molecule has 0 aliphatic carbocycles. The van der Waals surface area contributed by atoms with Crippen molar-refractivity contribution >= 4 is 34.4 Å². The second-order valence-corrected chi connectivity index (χ2v) is 8.10. The summed E-state index contributed by atoms with van der Waals surface area (Å²) in [6, 6.07) is 10.7. The second-order valence-electron chi connectivity index (χ2n) is 7.69. The number of hydrogen-bond donors (Lipinski definition) is 1. The lowest BCUT2D eigenvalue weighted by Crippen LogP contribution is -2.34. The predicted molar refractivity (Wildman–Crippen MR) is 119 cm³/mol. The van der Waals surface area contributed by atoms with Gasteiger partial charge in [-0.05, 0) is 43.5 Å². The second kappa shape index (κ2) is 8.89. The molecule has 0 bridgehead atoms. The van der Waals surface area contributed by atoms with Crippen LogP contribution in [0.4, 0.5) is 0 Å². The summed E-state index contributed by atoms with van der Waals surface area (Å²) in [7, 11) is 0. The van der Waals surface area contributed by atoms with Gasteiger partial charge >= 0.3 is 0 Å². The van der Waals surface area contributed by atoms with Crippen molar-refractivity contribution < 1.29 is 9.59 Å². The number of hydrogen-bond acceptors (Lipinski definition) is 4. The molecule has 1 aliphatic heterocycles. The first-order valence-corrected chi connectivity index (χ1v) is 10.6. The average Bonchev–Trinajstić information content (AvgIpc) is 3.29. The van der Waals surface area contributed by atoms with Gasteiger partial charge in [-0.1, -0.05) is 29.8 Å². The van der Waals surface area contributed by atoms with E-state index in [1.807, 2.05) is 25.1 Å². The van der Waals surface area contributed by atoms with E-state index < -0.39 is 0 Å². The highest BCUT2D eigenvalue weighted by molar-refractivity contribution is 6.31. The molecule has 0 atom stereocenters. The summed E-state index contributed by atoms with van der Waals surface area (Å²) in [5, 5.41) is 3.75. The van der Waals surface area contributed by atoms with Gasteiger partial charge in [0, 0.05) is 36.5 Å². The fourth-order valence-corrected chi connectivity index (χ4v) is 3.97. The first-order chi connectivity index (χ1) is 14.9. The van der Waals surface area contributed by atoms with Crippen LogP contribution in [0.2, 0.25) is 5.02 Å². The van der Waals surface area contributed by atoms with Crippen molar-refractivity contribution in [1.29, 1.82) is 0 Å². The summed E-state index contributed by atoms with van der Waals surface area (Å²) in [6.45, 7) is 3.30. The topological polar surface area (TPSA) is 84.3 Å². The first kappa shape index (κ1) is 21.1. The number of carbonyl (C=O) groups excluding carboxylic acids is 2. The molecule has 1 fully saturated rings. The van der Waals surface area contributed by atoms with Crippen LogP contribution >= 0.6 is 11.6 Å². The molecule has 7 nitrogen and oxygen atoms in total. The van der Waals surface area contributed by atoms with Crippen LogP contribution < -0.4 is 10.7 Å². The molecule has 1 N–H and O–H groups in total. The molecule has 0 unspecified atom stereocenters. The van der Waals surface area contributed by atoms with Crippen LogP contribution in [-0.4, -0.2) is 39.4 Å². The minimum atomic E-state index is -0.355. The minimum absolute atomic E-state index is 0.0685. The Hall–Kier alpha value is -3.19. The Morgan fingerprint density at radius 3 is 2.61 bits per heavy atom. The van der Waals surface area contributed by atoms with Crippen LogP contribution in [0.1, 0.15) is 34.5 Å². The molecular weight excluding hydrogens is 416 g/mol. The standard InChI is InChI=1S/C23H23ClN4O3/c1-15-8-9-17-21(30)18(23(31)27-10-4-5-11-27)13-28(22(17)26-15)14-20(29)25-12-16-6-2-3-7-19(16)24/h2-3,6-9,13H,4-5,10-12,14H2,1H3,(H,25,29). The highest BCUT2D eigenvalue weighted by Crippen LogP contribution is 2.16. The predicted octanol–water partition coefficient (Wildman–Crippen LogP) is 2.91. The van der Waals surface area contributed by atoms with Gasteiger partial charge in [-0.15, -0.1) is 0 Å². The molecular formula is C23H23ClN4O3. The van der Waals surface area contributed by atoms with Crippen molar-refractivity contribution in [3.63, 3.8) is 0 Å². The van der Waals surface area contributed by atoms with Crippen molar-refractivity contribution in [3.05, 3.63) is 74.7 Å². The van der Waals surface area contributed by atoms with Gasteiger partial charge in [0.15, 0.2) is 0 Å². The van der Waals surface area contributed by atoms with Gasteiger partial charge in [0.2, 0.25) is 11.3 Å². The summed E-state index contributed by atoms with van der Waals surface area (Å²) in [6.07, 6.45) is 3.32. The van der Waals surface area contributed by atoms with E-state index in [9.17, 15) is 14.4 Å². The number of benzene rings is 1. The van der Waals surface area contributed by atoms with Gasteiger partial charge in [0.25, 0.3) is 5.91 Å². The van der Waals surface area contributed by atoms with Crippen molar-refractivity contribution in [3.8, 4) is 0 Å². The Labute approximate surface area is 184 Å². The molecule has 1 saturated heterocycles. The summed E-state index contributed by atoms with van der Waals surface area (Å²) < 4.78 is 1.58. The number of carbonyl (C=O) groups is 2. The monoisotopic (exact) mass is 438 g/mol. The number of aromatic nitrogens is 2. The maximum absolute atomic E-state index is 13.0. The number of amides is 2. The smallest absolute Gasteiger partial charge is 0.259 e. The molecule has 1 aliphatic rings. The quantitative estimate of drug-likeness (QED) is 0.663. The molecule has 1 aromatic carbocycles. The van der Waals surface area contributed by atoms with E-state index in [4.69, 9.17) is 11.6 Å². The number of rotatable bonds is 5. The highest BCUT2D eigenvalue weighted by Gasteiger charge is 2.24. The SMILES string of the molecule is Cc1ccc2c(=O)c(C(=O)N3CCCC3)cn(CC(=O)NCc3ccccc3Cl)c2n1. The van der Waals surface area contributed by atoms with Gasteiger partial charge in [-0.2, -0.15) is 0 Å². The van der Waals surface area contributed by atoms with Crippen LogP contribution in [0, 0.1) is 6.92 Å². The number of nitrogens with zero attached hydrogens (tertiary/aromatic N) is 3. The number of likely N-dealkylation sites (tertiary alicyclic amines) is 1. The van der Waals surface area contributed by atoms with Crippen molar-refractivity contribution in [1.82, 2.24) is 19.8 Å². The zero-order valence-corrected chi connectivity index (χ0v) is 18.0. The number of pyridine rings is 2. The zero-order chi connectivity index (χ0) is 22.0. The molecule has 0 radical (unpaired) electrons. The van der Waals surface area contributed by atoms with Crippen LogP contribution in [0.15, 0.2) is 47.4 Å². The lowest BCUT2D eigenvalue weighted by Gasteiger charge is -2.17. The molecule has 4 rings (SSSR count). The van der Waals surface area contributed by atoms with Gasteiger partial charge in [0.05, 0.1) is 5.39 Å². The molecule has 3 aromatic rings. The molecule has 0 saturated carbocycles. The van der Waals surface area contributed by atoms with Crippen molar-refractivity contribution in [2.45, 2.75) is 32.9 Å². The van der Waals surface area contributed by atoms with Crippen LogP contribution in [-0.2, 0) is 17.9 Å². The van der Waals surface area contributed by atoms with Gasteiger partial charge in [0.1, 0.15) is 17.8 Å². The Bertz CT molecular complexity index is 1220. The summed E-state index contributed by atoms with van der Waals surface area (Å²) >= 11 is 6.16. The fraction of sp³-hybridized carbons (Fsp3) is 0.304. The minimum Gasteiger partial charge on any atom is -0.350 e. The largest absolute Gasteiger partial charge is 0.350 e. The van der Waals surface area contributed by atoms with E-state index in [1.165, 1.54) is 6.20 Å². The number of nitrogens with one attached hydrogen (secondary N) is 1. The molecule has 2 amide bonds. The summed E-state index contributed by atoms with van der Waals surface area (Å²) in [5.41, 5.74) is 1.62. The molecule has 0 spiro atoms. The van der Waals surface area contributed by atoms with Crippen molar-refractivity contribution in [2.24, 2.45) is 0 Å².